The third kappa shape index (κ3) is 5.46. The number of likely N-dealkylation sites (N-methyl/N-ethyl adjacent to an activating group) is 1. The minimum Gasteiger partial charge on any atom is -0.497 e. The molecular weight excluding hydrogens is 380 g/mol. The summed E-state index contributed by atoms with van der Waals surface area (Å²) in [6.45, 7) is 3.84. The van der Waals surface area contributed by atoms with E-state index in [1.807, 2.05) is 6.92 Å². The number of aryl methyl sites for hydroxylation is 1. The van der Waals surface area contributed by atoms with Crippen LogP contribution in [-0.2, 0) is 14.8 Å². The minimum absolute atomic E-state index is 0.172. The Bertz CT molecular complexity index is 928. The quantitative estimate of drug-likeness (QED) is 0.692. The standard InChI is InChI=1S/C20H26N2O5S/c1-5-11-21-28(24,25)18-9-10-19(15(2)12-18)27-14-20(23)22(3)16-7-6-8-17(13-16)26-4/h6-10,12-13,21H,5,11,14H2,1-4H3. The van der Waals surface area contributed by atoms with Crippen LogP contribution >= 0.6 is 0 Å². The smallest absolute Gasteiger partial charge is 0.264 e. The van der Waals surface area contributed by atoms with Crippen molar-refractivity contribution in [2.45, 2.75) is 25.2 Å². The van der Waals surface area contributed by atoms with E-state index in [9.17, 15) is 13.2 Å². The summed E-state index contributed by atoms with van der Waals surface area (Å²) in [6.07, 6.45) is 0.711. The van der Waals surface area contributed by atoms with E-state index in [1.165, 1.54) is 17.0 Å². The van der Waals surface area contributed by atoms with Gasteiger partial charge in [-0.1, -0.05) is 13.0 Å². The second-order valence-corrected chi connectivity index (χ2v) is 8.03. The van der Waals surface area contributed by atoms with Crippen LogP contribution in [0.3, 0.4) is 0 Å². The minimum atomic E-state index is -3.54. The zero-order valence-electron chi connectivity index (χ0n) is 16.6. The number of methoxy groups -OCH3 is 1. The van der Waals surface area contributed by atoms with E-state index < -0.39 is 10.0 Å². The number of nitrogens with one attached hydrogen (secondary N) is 1. The normalized spacial score (nSPS) is 11.1. The lowest BCUT2D eigenvalue weighted by Gasteiger charge is -2.19. The number of carbonyl (C=O) groups excluding carboxylic acids is 1. The van der Waals surface area contributed by atoms with Crippen LogP contribution in [0.1, 0.15) is 18.9 Å². The molecule has 0 aliphatic carbocycles. The summed E-state index contributed by atoms with van der Waals surface area (Å²) < 4.78 is 37.7. The fraction of sp³-hybridized carbons (Fsp3) is 0.350. The number of amides is 1. The summed E-state index contributed by atoms with van der Waals surface area (Å²) in [5.74, 6) is 0.873. The molecule has 28 heavy (non-hydrogen) atoms. The number of sulfonamides is 1. The summed E-state index contributed by atoms with van der Waals surface area (Å²) in [7, 11) is -0.323. The zero-order chi connectivity index (χ0) is 20.7. The Morgan fingerprint density at radius 2 is 1.93 bits per heavy atom. The van der Waals surface area contributed by atoms with Gasteiger partial charge in [0.15, 0.2) is 6.61 Å². The summed E-state index contributed by atoms with van der Waals surface area (Å²) in [4.78, 5) is 14.1. The molecule has 0 aromatic heterocycles. The predicted octanol–water partition coefficient (Wildman–Crippen LogP) is 2.73. The maximum Gasteiger partial charge on any atom is 0.264 e. The fourth-order valence-corrected chi connectivity index (χ4v) is 3.69. The second-order valence-electron chi connectivity index (χ2n) is 6.27. The molecule has 0 spiro atoms. The summed E-state index contributed by atoms with van der Waals surface area (Å²) in [5.41, 5.74) is 1.32. The molecule has 1 N–H and O–H groups in total. The number of hydrogen-bond donors (Lipinski definition) is 1. The Labute approximate surface area is 166 Å². The van der Waals surface area contributed by atoms with Crippen molar-refractivity contribution in [2.24, 2.45) is 0 Å². The number of hydrogen-bond acceptors (Lipinski definition) is 5. The number of rotatable bonds is 9. The molecular formula is C20H26N2O5S. The monoisotopic (exact) mass is 406 g/mol. The van der Waals surface area contributed by atoms with Crippen LogP contribution in [0.15, 0.2) is 47.4 Å². The van der Waals surface area contributed by atoms with E-state index in [2.05, 4.69) is 4.72 Å². The highest BCUT2D eigenvalue weighted by Gasteiger charge is 2.16. The number of anilines is 1. The van der Waals surface area contributed by atoms with Gasteiger partial charge in [-0.25, -0.2) is 13.1 Å². The van der Waals surface area contributed by atoms with Gasteiger partial charge in [0, 0.05) is 25.3 Å². The number of nitrogens with zero attached hydrogens (tertiary/aromatic N) is 1. The molecule has 0 aliphatic heterocycles. The molecule has 8 heteroatoms. The highest BCUT2D eigenvalue weighted by molar-refractivity contribution is 7.89. The van der Waals surface area contributed by atoms with Crippen LogP contribution in [0.4, 0.5) is 5.69 Å². The highest BCUT2D eigenvalue weighted by Crippen LogP contribution is 2.23. The van der Waals surface area contributed by atoms with Crippen molar-refractivity contribution < 1.29 is 22.7 Å². The second kappa shape index (κ2) is 9.57. The average molecular weight is 407 g/mol. The first-order valence-corrected chi connectivity index (χ1v) is 10.4. The largest absolute Gasteiger partial charge is 0.497 e. The van der Waals surface area contributed by atoms with Gasteiger partial charge in [0.05, 0.1) is 12.0 Å². The molecule has 1 amide bonds. The molecule has 0 fully saturated rings. The van der Waals surface area contributed by atoms with Crippen molar-refractivity contribution in [3.05, 3.63) is 48.0 Å². The van der Waals surface area contributed by atoms with Gasteiger partial charge < -0.3 is 14.4 Å². The van der Waals surface area contributed by atoms with Gasteiger partial charge in [0.2, 0.25) is 10.0 Å². The molecule has 2 rings (SSSR count). The van der Waals surface area contributed by atoms with Crippen LogP contribution < -0.4 is 19.1 Å². The molecule has 152 valence electrons. The van der Waals surface area contributed by atoms with Crippen LogP contribution in [0, 0.1) is 6.92 Å². The number of benzene rings is 2. The number of ether oxygens (including phenoxy) is 2. The molecule has 0 radical (unpaired) electrons. The van der Waals surface area contributed by atoms with E-state index in [1.54, 1.807) is 51.4 Å². The lowest BCUT2D eigenvalue weighted by atomic mass is 10.2. The Kier molecular flexibility index (Phi) is 7.42. The van der Waals surface area contributed by atoms with Gasteiger partial charge in [-0.3, -0.25) is 4.79 Å². The molecule has 0 atom stereocenters. The maximum atomic E-state index is 12.4. The third-order valence-electron chi connectivity index (χ3n) is 4.16. The predicted molar refractivity (Wildman–Crippen MR) is 109 cm³/mol. The van der Waals surface area contributed by atoms with Crippen molar-refractivity contribution in [1.29, 1.82) is 0 Å². The van der Waals surface area contributed by atoms with Crippen LogP contribution in [0.25, 0.3) is 0 Å². The van der Waals surface area contributed by atoms with Gasteiger partial charge in [-0.2, -0.15) is 0 Å². The molecule has 7 nitrogen and oxygen atoms in total. The Morgan fingerprint density at radius 1 is 1.18 bits per heavy atom. The molecule has 0 saturated carbocycles. The SMILES string of the molecule is CCCNS(=O)(=O)c1ccc(OCC(=O)N(C)c2cccc(OC)c2)c(C)c1. The molecule has 0 aliphatic rings. The fourth-order valence-electron chi connectivity index (χ4n) is 2.47. The number of carbonyl (C=O) groups is 1. The molecule has 0 heterocycles. The first-order valence-electron chi connectivity index (χ1n) is 8.92. The lowest BCUT2D eigenvalue weighted by Crippen LogP contribution is -2.31. The van der Waals surface area contributed by atoms with E-state index in [-0.39, 0.29) is 17.4 Å². The summed E-state index contributed by atoms with van der Waals surface area (Å²) in [6, 6.07) is 11.7. The summed E-state index contributed by atoms with van der Waals surface area (Å²) in [5, 5.41) is 0. The van der Waals surface area contributed by atoms with E-state index in [4.69, 9.17) is 9.47 Å². The van der Waals surface area contributed by atoms with Crippen LogP contribution in [-0.4, -0.2) is 41.6 Å². The van der Waals surface area contributed by atoms with Gasteiger partial charge >= 0.3 is 0 Å². The third-order valence-corrected chi connectivity index (χ3v) is 5.62. The molecule has 0 unspecified atom stereocenters. The van der Waals surface area contributed by atoms with Crippen LogP contribution in [0.5, 0.6) is 11.5 Å². The molecule has 2 aromatic carbocycles. The maximum absolute atomic E-state index is 12.4. The topological polar surface area (TPSA) is 84.9 Å². The van der Waals surface area contributed by atoms with Gasteiger partial charge in [-0.05, 0) is 49.2 Å². The van der Waals surface area contributed by atoms with Crippen molar-refractivity contribution >= 4 is 21.6 Å². The Hall–Kier alpha value is -2.58. The van der Waals surface area contributed by atoms with Crippen LogP contribution in [0.2, 0.25) is 0 Å². The van der Waals surface area contributed by atoms with E-state index >= 15 is 0 Å². The molecule has 0 saturated heterocycles. The van der Waals surface area contributed by atoms with Crippen molar-refractivity contribution in [3.8, 4) is 11.5 Å². The van der Waals surface area contributed by atoms with E-state index in [0.717, 1.165) is 0 Å². The van der Waals surface area contributed by atoms with Gasteiger partial charge in [0.1, 0.15) is 11.5 Å². The van der Waals surface area contributed by atoms with E-state index in [0.29, 0.717) is 35.7 Å². The van der Waals surface area contributed by atoms with Crippen molar-refractivity contribution in [3.63, 3.8) is 0 Å². The highest BCUT2D eigenvalue weighted by atomic mass is 32.2. The summed E-state index contributed by atoms with van der Waals surface area (Å²) >= 11 is 0. The molecule has 0 bridgehead atoms. The first-order chi connectivity index (χ1) is 13.3. The molecule has 2 aromatic rings. The Morgan fingerprint density at radius 3 is 2.57 bits per heavy atom. The average Bonchev–Trinajstić information content (AvgIpc) is 2.70. The zero-order valence-corrected chi connectivity index (χ0v) is 17.4. The van der Waals surface area contributed by atoms with Crippen molar-refractivity contribution in [2.75, 3.05) is 32.2 Å². The first kappa shape index (κ1) is 21.7. The van der Waals surface area contributed by atoms with Gasteiger partial charge in [-0.15, -0.1) is 0 Å². The van der Waals surface area contributed by atoms with Crippen molar-refractivity contribution in [1.82, 2.24) is 4.72 Å². The lowest BCUT2D eigenvalue weighted by molar-refractivity contribution is -0.120. The van der Waals surface area contributed by atoms with Gasteiger partial charge in [0.25, 0.3) is 5.91 Å². The Balaban J connectivity index is 2.04.